The fraction of sp³-hybridized carbons (Fsp3) is 0.636. The summed E-state index contributed by atoms with van der Waals surface area (Å²) in [5.74, 6) is -0.440. The van der Waals surface area contributed by atoms with E-state index in [1.54, 1.807) is 14.0 Å². The number of likely N-dealkylation sites (tertiary alicyclic amines) is 1. The number of ether oxygens (including phenoxy) is 1. The Labute approximate surface area is 117 Å². The Bertz CT molecular complexity index is 610. The Morgan fingerprint density at radius 3 is 2.80 bits per heavy atom. The Hall–Kier alpha value is -1.45. The number of nitrogens with two attached hydrogens (primary N) is 1. The highest BCUT2D eigenvalue weighted by atomic mass is 32.2. The van der Waals surface area contributed by atoms with Crippen molar-refractivity contribution in [2.45, 2.75) is 30.8 Å². The molecule has 3 N–H and O–H groups in total. The number of rotatable bonds is 4. The van der Waals surface area contributed by atoms with Crippen molar-refractivity contribution in [1.29, 1.82) is 0 Å². The molecule has 2 rings (SSSR count). The van der Waals surface area contributed by atoms with E-state index in [1.165, 1.54) is 4.90 Å². The van der Waals surface area contributed by atoms with Crippen LogP contribution in [0.4, 0.5) is 0 Å². The number of aryl methyl sites for hydroxylation is 1. The van der Waals surface area contributed by atoms with Crippen LogP contribution in [-0.2, 0) is 21.2 Å². The molecule has 112 valence electrons. The van der Waals surface area contributed by atoms with Gasteiger partial charge in [-0.25, -0.2) is 13.6 Å². The van der Waals surface area contributed by atoms with E-state index in [-0.39, 0.29) is 16.7 Å². The predicted octanol–water partition coefficient (Wildman–Crippen LogP) is -0.520. The van der Waals surface area contributed by atoms with Gasteiger partial charge < -0.3 is 9.64 Å². The van der Waals surface area contributed by atoms with Crippen molar-refractivity contribution in [2.24, 2.45) is 5.14 Å². The molecule has 1 aromatic heterocycles. The first-order valence-corrected chi connectivity index (χ1v) is 7.85. The van der Waals surface area contributed by atoms with Crippen LogP contribution in [0.25, 0.3) is 0 Å². The van der Waals surface area contributed by atoms with Crippen LogP contribution < -0.4 is 5.14 Å². The lowest BCUT2D eigenvalue weighted by Crippen LogP contribution is -2.32. The molecule has 1 aromatic rings. The van der Waals surface area contributed by atoms with Crippen molar-refractivity contribution in [3.8, 4) is 0 Å². The maximum Gasteiger partial charge on any atom is 0.275 e. The summed E-state index contributed by atoms with van der Waals surface area (Å²) in [6.07, 6.45) is 1.09. The van der Waals surface area contributed by atoms with Gasteiger partial charge in [0.15, 0.2) is 5.69 Å². The van der Waals surface area contributed by atoms with Gasteiger partial charge in [0.05, 0.1) is 11.8 Å². The molecule has 8 nitrogen and oxygen atoms in total. The maximum atomic E-state index is 12.4. The van der Waals surface area contributed by atoms with E-state index in [2.05, 4.69) is 10.2 Å². The fourth-order valence-electron chi connectivity index (χ4n) is 2.31. The summed E-state index contributed by atoms with van der Waals surface area (Å²) in [5.41, 5.74) is 0.208. The second-order valence-electron chi connectivity index (χ2n) is 4.68. The van der Waals surface area contributed by atoms with Crippen molar-refractivity contribution in [1.82, 2.24) is 15.1 Å². The van der Waals surface area contributed by atoms with Crippen molar-refractivity contribution in [2.75, 3.05) is 20.2 Å². The molecular weight excluding hydrogens is 284 g/mol. The van der Waals surface area contributed by atoms with E-state index in [0.717, 1.165) is 6.42 Å². The summed E-state index contributed by atoms with van der Waals surface area (Å²) < 4.78 is 28.5. The number of H-pyrrole nitrogens is 1. The minimum Gasteiger partial charge on any atom is -0.380 e. The lowest BCUT2D eigenvalue weighted by molar-refractivity contribution is 0.0715. The number of hydrogen-bond acceptors (Lipinski definition) is 5. The minimum absolute atomic E-state index is 0.0264. The number of amides is 1. The number of carbonyl (C=O) groups is 1. The van der Waals surface area contributed by atoms with E-state index in [4.69, 9.17) is 9.88 Å². The molecule has 20 heavy (non-hydrogen) atoms. The second-order valence-corrected chi connectivity index (χ2v) is 6.17. The molecule has 1 saturated heterocycles. The SMILES string of the molecule is CCc1[nH]nc(C(=O)N2CCC(OC)C2)c1S(N)(=O)=O. The number of methoxy groups -OCH3 is 1. The van der Waals surface area contributed by atoms with Crippen molar-refractivity contribution in [3.63, 3.8) is 0 Å². The van der Waals surface area contributed by atoms with Crippen molar-refractivity contribution in [3.05, 3.63) is 11.4 Å². The minimum atomic E-state index is -4.00. The molecule has 1 atom stereocenters. The van der Waals surface area contributed by atoms with E-state index < -0.39 is 15.9 Å². The number of nitrogens with one attached hydrogen (secondary N) is 1. The van der Waals surface area contributed by atoms with E-state index >= 15 is 0 Å². The fourth-order valence-corrected chi connectivity index (χ4v) is 3.25. The Balaban J connectivity index is 2.34. The lowest BCUT2D eigenvalue weighted by Gasteiger charge is -2.15. The lowest BCUT2D eigenvalue weighted by atomic mass is 10.3. The molecule has 2 heterocycles. The molecular formula is C11H18N4O4S. The van der Waals surface area contributed by atoms with E-state index in [9.17, 15) is 13.2 Å². The molecule has 9 heteroatoms. The maximum absolute atomic E-state index is 12.4. The van der Waals surface area contributed by atoms with Crippen LogP contribution in [0, 0.1) is 0 Å². The first kappa shape index (κ1) is 14.9. The zero-order chi connectivity index (χ0) is 14.9. The van der Waals surface area contributed by atoms with E-state index in [1.807, 2.05) is 0 Å². The van der Waals surface area contributed by atoms with Gasteiger partial charge in [0, 0.05) is 20.2 Å². The van der Waals surface area contributed by atoms with Gasteiger partial charge >= 0.3 is 0 Å². The highest BCUT2D eigenvalue weighted by Gasteiger charge is 2.33. The Kier molecular flexibility index (Phi) is 4.11. The summed E-state index contributed by atoms with van der Waals surface area (Å²) in [5, 5.41) is 11.6. The Morgan fingerprint density at radius 2 is 2.30 bits per heavy atom. The molecule has 1 fully saturated rings. The predicted molar refractivity (Wildman–Crippen MR) is 70.7 cm³/mol. The largest absolute Gasteiger partial charge is 0.380 e. The zero-order valence-corrected chi connectivity index (χ0v) is 12.2. The van der Waals surface area contributed by atoms with Crippen LogP contribution in [0.3, 0.4) is 0 Å². The molecule has 1 unspecified atom stereocenters. The van der Waals surface area contributed by atoms with Crippen LogP contribution in [0.5, 0.6) is 0 Å². The molecule has 0 spiro atoms. The summed E-state index contributed by atoms with van der Waals surface area (Å²) in [6.45, 7) is 2.69. The smallest absolute Gasteiger partial charge is 0.275 e. The number of aromatic nitrogens is 2. The number of hydrogen-bond donors (Lipinski definition) is 2. The molecule has 1 aliphatic heterocycles. The van der Waals surface area contributed by atoms with Crippen LogP contribution >= 0.6 is 0 Å². The topological polar surface area (TPSA) is 118 Å². The average Bonchev–Trinajstić information content (AvgIpc) is 3.03. The zero-order valence-electron chi connectivity index (χ0n) is 11.4. The van der Waals surface area contributed by atoms with Gasteiger partial charge in [-0.1, -0.05) is 6.92 Å². The standard InChI is InChI=1S/C11H18N4O4S/c1-3-8-10(20(12,17)18)9(14-13-8)11(16)15-5-4-7(6-15)19-2/h7H,3-6H2,1-2H3,(H,13,14)(H2,12,17,18). The first-order chi connectivity index (χ1) is 9.38. The molecule has 0 bridgehead atoms. The first-order valence-electron chi connectivity index (χ1n) is 6.30. The van der Waals surface area contributed by atoms with Crippen molar-refractivity contribution >= 4 is 15.9 Å². The monoisotopic (exact) mass is 302 g/mol. The number of sulfonamides is 1. The van der Waals surface area contributed by atoms with Crippen LogP contribution in [-0.4, -0.2) is 55.7 Å². The molecule has 0 aromatic carbocycles. The normalized spacial score (nSPS) is 19.6. The highest BCUT2D eigenvalue weighted by molar-refractivity contribution is 7.89. The Morgan fingerprint density at radius 1 is 1.60 bits per heavy atom. The third-order valence-corrected chi connectivity index (χ3v) is 4.41. The van der Waals surface area contributed by atoms with Gasteiger partial charge in [0.2, 0.25) is 10.0 Å². The van der Waals surface area contributed by atoms with Gasteiger partial charge in [-0.05, 0) is 12.8 Å². The molecule has 1 amide bonds. The molecule has 0 saturated carbocycles. The summed E-state index contributed by atoms with van der Waals surface area (Å²) in [7, 11) is -2.42. The van der Waals surface area contributed by atoms with Crippen LogP contribution in [0.1, 0.15) is 29.5 Å². The summed E-state index contributed by atoms with van der Waals surface area (Å²) in [6, 6.07) is 0. The second kappa shape index (κ2) is 5.51. The van der Waals surface area contributed by atoms with Gasteiger partial charge in [-0.15, -0.1) is 0 Å². The third-order valence-electron chi connectivity index (χ3n) is 3.40. The molecule has 0 radical (unpaired) electrons. The van der Waals surface area contributed by atoms with Gasteiger partial charge in [0.1, 0.15) is 4.90 Å². The third kappa shape index (κ3) is 2.69. The number of nitrogens with zero attached hydrogens (tertiary/aromatic N) is 2. The molecule has 1 aliphatic rings. The quantitative estimate of drug-likeness (QED) is 0.776. The summed E-state index contributed by atoms with van der Waals surface area (Å²) in [4.78, 5) is 13.7. The van der Waals surface area contributed by atoms with Gasteiger partial charge in [0.25, 0.3) is 5.91 Å². The summed E-state index contributed by atoms with van der Waals surface area (Å²) >= 11 is 0. The van der Waals surface area contributed by atoms with Crippen LogP contribution in [0.15, 0.2) is 4.90 Å². The number of carbonyl (C=O) groups excluding carboxylic acids is 1. The highest BCUT2D eigenvalue weighted by Crippen LogP contribution is 2.21. The van der Waals surface area contributed by atoms with Crippen molar-refractivity contribution < 1.29 is 17.9 Å². The number of primary sulfonamides is 1. The number of aromatic amines is 1. The van der Waals surface area contributed by atoms with Gasteiger partial charge in [-0.2, -0.15) is 5.10 Å². The molecule has 0 aliphatic carbocycles. The van der Waals surface area contributed by atoms with Gasteiger partial charge in [-0.3, -0.25) is 9.89 Å². The average molecular weight is 302 g/mol. The van der Waals surface area contributed by atoms with E-state index in [0.29, 0.717) is 25.2 Å². The van der Waals surface area contributed by atoms with Crippen LogP contribution in [0.2, 0.25) is 0 Å².